The van der Waals surface area contributed by atoms with Gasteiger partial charge in [0.05, 0.1) is 0 Å². The summed E-state index contributed by atoms with van der Waals surface area (Å²) in [5, 5.41) is 4.04. The standard InChI is InChI=1S/C14H18N4O/c1-9-6-11(7-10(2)16-9)13-17-12(19-18-13)8-14(15)4-3-5-14/h6-7H,3-5,8,15H2,1-2H3. The number of nitrogens with zero attached hydrogens (tertiary/aromatic N) is 3. The Balaban J connectivity index is 1.84. The summed E-state index contributed by atoms with van der Waals surface area (Å²) in [5.41, 5.74) is 8.91. The van der Waals surface area contributed by atoms with E-state index >= 15 is 0 Å². The quantitative estimate of drug-likeness (QED) is 0.912. The second kappa shape index (κ2) is 4.42. The van der Waals surface area contributed by atoms with Gasteiger partial charge in [0.15, 0.2) is 0 Å². The lowest BCUT2D eigenvalue weighted by molar-refractivity contribution is 0.222. The van der Waals surface area contributed by atoms with E-state index in [1.54, 1.807) is 0 Å². The lowest BCUT2D eigenvalue weighted by Crippen LogP contribution is -2.48. The maximum Gasteiger partial charge on any atom is 0.228 e. The summed E-state index contributed by atoms with van der Waals surface area (Å²) < 4.78 is 5.31. The molecule has 2 heterocycles. The number of nitrogens with two attached hydrogens (primary N) is 1. The Bertz CT molecular complexity index is 581. The van der Waals surface area contributed by atoms with Gasteiger partial charge in [0.25, 0.3) is 0 Å². The third kappa shape index (κ3) is 2.51. The molecule has 1 aliphatic carbocycles. The highest BCUT2D eigenvalue weighted by Crippen LogP contribution is 2.32. The van der Waals surface area contributed by atoms with E-state index in [2.05, 4.69) is 15.1 Å². The van der Waals surface area contributed by atoms with Crippen molar-refractivity contribution in [3.05, 3.63) is 29.4 Å². The van der Waals surface area contributed by atoms with E-state index in [1.807, 2.05) is 26.0 Å². The highest BCUT2D eigenvalue weighted by molar-refractivity contribution is 5.55. The first-order valence-electron chi connectivity index (χ1n) is 6.61. The summed E-state index contributed by atoms with van der Waals surface area (Å²) in [4.78, 5) is 8.79. The Labute approximate surface area is 112 Å². The van der Waals surface area contributed by atoms with E-state index in [0.717, 1.165) is 29.8 Å². The van der Waals surface area contributed by atoms with Gasteiger partial charge in [0.1, 0.15) is 0 Å². The van der Waals surface area contributed by atoms with Gasteiger partial charge in [-0.3, -0.25) is 4.98 Å². The van der Waals surface area contributed by atoms with Gasteiger partial charge in [0.2, 0.25) is 11.7 Å². The molecule has 19 heavy (non-hydrogen) atoms. The van der Waals surface area contributed by atoms with Gasteiger partial charge in [-0.1, -0.05) is 5.16 Å². The van der Waals surface area contributed by atoms with Crippen LogP contribution in [0.1, 0.15) is 36.5 Å². The average molecular weight is 258 g/mol. The Morgan fingerprint density at radius 1 is 1.21 bits per heavy atom. The number of aryl methyl sites for hydroxylation is 2. The molecular weight excluding hydrogens is 240 g/mol. The van der Waals surface area contributed by atoms with Crippen LogP contribution in [0.3, 0.4) is 0 Å². The van der Waals surface area contributed by atoms with Crippen LogP contribution in [0.15, 0.2) is 16.7 Å². The first-order chi connectivity index (χ1) is 9.04. The fourth-order valence-corrected chi connectivity index (χ4v) is 2.52. The van der Waals surface area contributed by atoms with Crippen molar-refractivity contribution in [1.29, 1.82) is 0 Å². The van der Waals surface area contributed by atoms with E-state index in [4.69, 9.17) is 10.3 Å². The van der Waals surface area contributed by atoms with Crippen LogP contribution in [-0.4, -0.2) is 20.7 Å². The lowest BCUT2D eigenvalue weighted by Gasteiger charge is -2.36. The second-order valence-corrected chi connectivity index (χ2v) is 5.54. The highest BCUT2D eigenvalue weighted by Gasteiger charge is 2.34. The Kier molecular flexibility index (Phi) is 2.86. The predicted molar refractivity (Wildman–Crippen MR) is 71.5 cm³/mol. The van der Waals surface area contributed by atoms with Crippen molar-refractivity contribution in [3.8, 4) is 11.4 Å². The van der Waals surface area contributed by atoms with E-state index in [1.165, 1.54) is 6.42 Å². The molecule has 0 saturated heterocycles. The van der Waals surface area contributed by atoms with Crippen LogP contribution in [0, 0.1) is 13.8 Å². The van der Waals surface area contributed by atoms with Crippen LogP contribution >= 0.6 is 0 Å². The third-order valence-corrected chi connectivity index (χ3v) is 3.66. The maximum atomic E-state index is 6.19. The summed E-state index contributed by atoms with van der Waals surface area (Å²) in [5.74, 6) is 1.25. The van der Waals surface area contributed by atoms with Crippen LogP contribution in [0.25, 0.3) is 11.4 Å². The van der Waals surface area contributed by atoms with Crippen LogP contribution in [0.2, 0.25) is 0 Å². The molecule has 5 heteroatoms. The average Bonchev–Trinajstić information content (AvgIpc) is 2.74. The molecule has 0 atom stereocenters. The maximum absolute atomic E-state index is 6.19. The highest BCUT2D eigenvalue weighted by atomic mass is 16.5. The van der Waals surface area contributed by atoms with Crippen molar-refractivity contribution in [2.24, 2.45) is 5.73 Å². The van der Waals surface area contributed by atoms with Gasteiger partial charge < -0.3 is 10.3 Å². The van der Waals surface area contributed by atoms with Crippen molar-refractivity contribution < 1.29 is 4.52 Å². The van der Waals surface area contributed by atoms with E-state index < -0.39 is 0 Å². The van der Waals surface area contributed by atoms with Crippen LogP contribution in [0.4, 0.5) is 0 Å². The van der Waals surface area contributed by atoms with Gasteiger partial charge in [-0.05, 0) is 45.2 Å². The fourth-order valence-electron chi connectivity index (χ4n) is 2.52. The molecule has 1 saturated carbocycles. The molecule has 0 radical (unpaired) electrons. The van der Waals surface area contributed by atoms with Crippen molar-refractivity contribution in [2.75, 3.05) is 0 Å². The molecule has 3 rings (SSSR count). The lowest BCUT2D eigenvalue weighted by atomic mass is 9.75. The van der Waals surface area contributed by atoms with Crippen LogP contribution in [0.5, 0.6) is 0 Å². The summed E-state index contributed by atoms with van der Waals surface area (Å²) in [6.45, 7) is 3.92. The molecule has 0 amide bonds. The van der Waals surface area contributed by atoms with Crippen LogP contribution < -0.4 is 5.73 Å². The molecule has 100 valence electrons. The molecule has 2 aromatic heterocycles. The van der Waals surface area contributed by atoms with Gasteiger partial charge in [-0.15, -0.1) is 0 Å². The van der Waals surface area contributed by atoms with Gasteiger partial charge in [0, 0.05) is 28.9 Å². The number of pyridine rings is 1. The molecule has 5 nitrogen and oxygen atoms in total. The molecule has 0 aromatic carbocycles. The number of aromatic nitrogens is 3. The van der Waals surface area contributed by atoms with Gasteiger partial charge >= 0.3 is 0 Å². The molecule has 2 aromatic rings. The zero-order valence-electron chi connectivity index (χ0n) is 11.3. The van der Waals surface area contributed by atoms with E-state index in [0.29, 0.717) is 18.1 Å². The summed E-state index contributed by atoms with van der Waals surface area (Å²) in [7, 11) is 0. The SMILES string of the molecule is Cc1cc(-c2noc(CC3(N)CCC3)n2)cc(C)n1. The smallest absolute Gasteiger partial charge is 0.228 e. The Hall–Kier alpha value is -1.75. The third-order valence-electron chi connectivity index (χ3n) is 3.66. The zero-order chi connectivity index (χ0) is 13.5. The largest absolute Gasteiger partial charge is 0.339 e. The monoisotopic (exact) mass is 258 g/mol. The van der Waals surface area contributed by atoms with E-state index in [-0.39, 0.29) is 5.54 Å². The molecule has 0 unspecified atom stereocenters. The summed E-state index contributed by atoms with van der Waals surface area (Å²) in [6, 6.07) is 3.92. The first kappa shape index (κ1) is 12.3. The molecule has 2 N–H and O–H groups in total. The minimum Gasteiger partial charge on any atom is -0.339 e. The number of rotatable bonds is 3. The molecule has 0 spiro atoms. The Morgan fingerprint density at radius 2 is 1.89 bits per heavy atom. The van der Waals surface area contributed by atoms with Crippen molar-refractivity contribution in [1.82, 2.24) is 15.1 Å². The topological polar surface area (TPSA) is 77.8 Å². The minimum absolute atomic E-state index is 0.131. The zero-order valence-corrected chi connectivity index (χ0v) is 11.3. The molecule has 0 aliphatic heterocycles. The molecule has 1 fully saturated rings. The van der Waals surface area contributed by atoms with Gasteiger partial charge in [-0.25, -0.2) is 0 Å². The fraction of sp³-hybridized carbons (Fsp3) is 0.500. The minimum atomic E-state index is -0.131. The molecular formula is C14H18N4O. The summed E-state index contributed by atoms with van der Waals surface area (Å²) >= 11 is 0. The van der Waals surface area contributed by atoms with Crippen LogP contribution in [-0.2, 0) is 6.42 Å². The predicted octanol–water partition coefficient (Wildman–Crippen LogP) is 2.17. The second-order valence-electron chi connectivity index (χ2n) is 5.54. The summed E-state index contributed by atoms with van der Waals surface area (Å²) in [6.07, 6.45) is 3.94. The van der Waals surface area contributed by atoms with Gasteiger partial charge in [-0.2, -0.15) is 4.98 Å². The number of hydrogen-bond donors (Lipinski definition) is 1. The normalized spacial score (nSPS) is 17.2. The molecule has 0 bridgehead atoms. The first-order valence-corrected chi connectivity index (χ1v) is 6.61. The molecule has 1 aliphatic rings. The van der Waals surface area contributed by atoms with Crippen molar-refractivity contribution >= 4 is 0 Å². The van der Waals surface area contributed by atoms with E-state index in [9.17, 15) is 0 Å². The number of hydrogen-bond acceptors (Lipinski definition) is 5. The van der Waals surface area contributed by atoms with Crippen molar-refractivity contribution in [3.63, 3.8) is 0 Å². The Morgan fingerprint density at radius 3 is 2.47 bits per heavy atom. The van der Waals surface area contributed by atoms with Crippen molar-refractivity contribution in [2.45, 2.75) is 45.1 Å².